The van der Waals surface area contributed by atoms with Crippen molar-refractivity contribution in [2.45, 2.75) is 12.8 Å². The summed E-state index contributed by atoms with van der Waals surface area (Å²) in [7, 11) is 3.06. The lowest BCUT2D eigenvalue weighted by molar-refractivity contribution is 0.0702. The highest BCUT2D eigenvalue weighted by molar-refractivity contribution is 5.96. The fraction of sp³-hybridized carbons (Fsp3) is 0.143. The van der Waals surface area contributed by atoms with E-state index < -0.39 is 17.7 Å². The molecule has 1 unspecified atom stereocenters. The lowest BCUT2D eigenvalue weighted by Gasteiger charge is -2.27. The van der Waals surface area contributed by atoms with Crippen molar-refractivity contribution in [1.82, 2.24) is 0 Å². The summed E-state index contributed by atoms with van der Waals surface area (Å²) in [6.07, 6.45) is 0. The van der Waals surface area contributed by atoms with Crippen LogP contribution in [0.5, 0.6) is 23.0 Å². The Morgan fingerprint density at radius 1 is 1.05 bits per heavy atom. The molecule has 9 heteroatoms. The predicted molar refractivity (Wildman–Crippen MR) is 131 cm³/mol. The van der Waals surface area contributed by atoms with Crippen molar-refractivity contribution in [1.29, 1.82) is 5.26 Å². The van der Waals surface area contributed by atoms with Gasteiger partial charge in [0, 0.05) is 22.6 Å². The molecule has 37 heavy (non-hydrogen) atoms. The van der Waals surface area contributed by atoms with Crippen LogP contribution in [-0.4, -0.2) is 20.2 Å². The number of rotatable bonds is 5. The van der Waals surface area contributed by atoms with Crippen LogP contribution in [0.15, 0.2) is 70.5 Å². The summed E-state index contributed by atoms with van der Waals surface area (Å²) >= 11 is 0. The van der Waals surface area contributed by atoms with Gasteiger partial charge in [0.2, 0.25) is 11.6 Å². The van der Waals surface area contributed by atoms with E-state index in [0.717, 1.165) is 5.56 Å². The van der Waals surface area contributed by atoms with Crippen molar-refractivity contribution in [3.63, 3.8) is 0 Å². The number of aryl methyl sites for hydroxylation is 1. The number of furan rings is 1. The van der Waals surface area contributed by atoms with E-state index >= 15 is 0 Å². The highest BCUT2D eigenvalue weighted by Crippen LogP contribution is 2.45. The minimum atomic E-state index is -0.748. The van der Waals surface area contributed by atoms with E-state index in [-0.39, 0.29) is 23.0 Å². The fourth-order valence-corrected chi connectivity index (χ4v) is 4.42. The second kappa shape index (κ2) is 9.24. The molecule has 186 valence electrons. The van der Waals surface area contributed by atoms with Gasteiger partial charge < -0.3 is 29.1 Å². The number of benzene rings is 3. The number of hydrogen-bond donors (Lipinski definition) is 1. The number of nitriles is 1. The van der Waals surface area contributed by atoms with Gasteiger partial charge in [-0.2, -0.15) is 5.26 Å². The maximum Gasteiger partial charge on any atom is 0.379 e. The molecule has 0 saturated carbocycles. The second-order valence-electron chi connectivity index (χ2n) is 8.33. The Hall–Kier alpha value is -4.97. The van der Waals surface area contributed by atoms with E-state index in [1.807, 2.05) is 6.07 Å². The molecule has 0 bridgehead atoms. The monoisotopic (exact) mass is 500 g/mol. The average Bonchev–Trinajstić information content (AvgIpc) is 3.23. The van der Waals surface area contributed by atoms with Gasteiger partial charge in [0.15, 0.2) is 11.5 Å². The number of carbonyl (C=O) groups is 1. The number of allylic oxidation sites excluding steroid dienone is 1. The van der Waals surface area contributed by atoms with Crippen molar-refractivity contribution in [3.05, 3.63) is 94.3 Å². The number of fused-ring (bicyclic) bond motifs is 2. The molecule has 0 spiro atoms. The molecule has 2 heterocycles. The first kappa shape index (κ1) is 23.8. The zero-order chi connectivity index (χ0) is 26.3. The minimum Gasteiger partial charge on any atom is -0.493 e. The molecule has 0 amide bonds. The highest BCUT2D eigenvalue weighted by atomic mass is 19.1. The highest BCUT2D eigenvalue weighted by Gasteiger charge is 2.32. The molecular weight excluding hydrogens is 479 g/mol. The first-order valence-corrected chi connectivity index (χ1v) is 11.2. The molecule has 8 nitrogen and oxygen atoms in total. The van der Waals surface area contributed by atoms with Gasteiger partial charge in [-0.25, -0.2) is 9.18 Å². The van der Waals surface area contributed by atoms with Gasteiger partial charge in [0.1, 0.15) is 34.5 Å². The van der Waals surface area contributed by atoms with Crippen molar-refractivity contribution in [2.75, 3.05) is 14.2 Å². The first-order valence-electron chi connectivity index (χ1n) is 11.2. The Bertz CT molecular complexity index is 1630. The smallest absolute Gasteiger partial charge is 0.379 e. The number of methoxy groups -OCH3 is 2. The lowest BCUT2D eigenvalue weighted by atomic mass is 9.83. The van der Waals surface area contributed by atoms with Crippen LogP contribution in [0.2, 0.25) is 0 Å². The van der Waals surface area contributed by atoms with Gasteiger partial charge in [-0.05, 0) is 48.9 Å². The Morgan fingerprint density at radius 2 is 1.84 bits per heavy atom. The molecule has 0 saturated heterocycles. The molecular formula is C28H21FN2O6. The molecule has 0 aliphatic carbocycles. The number of esters is 1. The van der Waals surface area contributed by atoms with Crippen molar-refractivity contribution < 1.29 is 32.5 Å². The predicted octanol–water partition coefficient (Wildman–Crippen LogP) is 5.33. The maximum absolute atomic E-state index is 13.6. The maximum atomic E-state index is 13.6. The second-order valence-corrected chi connectivity index (χ2v) is 8.33. The summed E-state index contributed by atoms with van der Waals surface area (Å²) in [4.78, 5) is 12.9. The SMILES string of the molecule is COc1ccc(C2C(C#N)=C(N)Oc3cc(OC(=O)c4oc5ccc(F)cc5c4C)ccc32)cc1OC. The van der Waals surface area contributed by atoms with E-state index in [4.69, 9.17) is 29.1 Å². The summed E-state index contributed by atoms with van der Waals surface area (Å²) in [6.45, 7) is 1.65. The molecule has 0 fully saturated rings. The van der Waals surface area contributed by atoms with Gasteiger partial charge >= 0.3 is 5.97 Å². The molecule has 1 aliphatic rings. The molecule has 5 rings (SSSR count). The molecule has 4 aromatic rings. The number of ether oxygens (including phenoxy) is 4. The van der Waals surface area contributed by atoms with Gasteiger partial charge in [-0.1, -0.05) is 12.1 Å². The normalized spacial score (nSPS) is 14.5. The van der Waals surface area contributed by atoms with Crippen LogP contribution in [0, 0.1) is 24.1 Å². The first-order chi connectivity index (χ1) is 17.8. The lowest BCUT2D eigenvalue weighted by Crippen LogP contribution is -2.21. The Labute approximate surface area is 211 Å². The van der Waals surface area contributed by atoms with E-state index in [2.05, 4.69) is 6.07 Å². The minimum absolute atomic E-state index is 0.0337. The summed E-state index contributed by atoms with van der Waals surface area (Å²) in [5.74, 6) is -0.292. The molecule has 1 atom stereocenters. The van der Waals surface area contributed by atoms with E-state index in [9.17, 15) is 14.4 Å². The largest absolute Gasteiger partial charge is 0.493 e. The Morgan fingerprint density at radius 3 is 2.57 bits per heavy atom. The van der Waals surface area contributed by atoms with Crippen LogP contribution in [0.3, 0.4) is 0 Å². The summed E-state index contributed by atoms with van der Waals surface area (Å²) in [6, 6.07) is 16.3. The van der Waals surface area contributed by atoms with Crippen LogP contribution >= 0.6 is 0 Å². The number of halogens is 1. The van der Waals surface area contributed by atoms with Crippen molar-refractivity contribution in [3.8, 4) is 29.1 Å². The number of carbonyl (C=O) groups excluding carboxylic acids is 1. The van der Waals surface area contributed by atoms with Crippen molar-refractivity contribution in [2.24, 2.45) is 5.73 Å². The summed E-state index contributed by atoms with van der Waals surface area (Å²) in [5, 5.41) is 10.3. The number of nitrogens with zero attached hydrogens (tertiary/aromatic N) is 1. The quantitative estimate of drug-likeness (QED) is 0.288. The molecule has 2 N–H and O–H groups in total. The Balaban J connectivity index is 1.50. The fourth-order valence-electron chi connectivity index (χ4n) is 4.42. The van der Waals surface area contributed by atoms with Crippen LogP contribution in [0.4, 0.5) is 4.39 Å². The van der Waals surface area contributed by atoms with Gasteiger partial charge in [-0.3, -0.25) is 0 Å². The third-order valence-electron chi connectivity index (χ3n) is 6.23. The average molecular weight is 500 g/mol. The van der Waals surface area contributed by atoms with Crippen LogP contribution < -0.4 is 24.7 Å². The van der Waals surface area contributed by atoms with Gasteiger partial charge in [0.05, 0.1) is 20.1 Å². The van der Waals surface area contributed by atoms with Gasteiger partial charge in [-0.15, -0.1) is 0 Å². The Kier molecular flexibility index (Phi) is 5.93. The third-order valence-corrected chi connectivity index (χ3v) is 6.23. The summed E-state index contributed by atoms with van der Waals surface area (Å²) in [5.41, 5.74) is 8.55. The van der Waals surface area contributed by atoms with E-state index in [1.54, 1.807) is 31.2 Å². The number of hydrogen-bond acceptors (Lipinski definition) is 8. The molecule has 0 radical (unpaired) electrons. The molecule has 3 aromatic carbocycles. The van der Waals surface area contributed by atoms with Crippen LogP contribution in [-0.2, 0) is 0 Å². The topological polar surface area (TPSA) is 117 Å². The van der Waals surface area contributed by atoms with E-state index in [0.29, 0.717) is 39.3 Å². The zero-order valence-corrected chi connectivity index (χ0v) is 20.1. The van der Waals surface area contributed by atoms with Crippen molar-refractivity contribution >= 4 is 16.9 Å². The van der Waals surface area contributed by atoms with Crippen LogP contribution in [0.1, 0.15) is 33.2 Å². The summed E-state index contributed by atoms with van der Waals surface area (Å²) < 4.78 is 41.2. The van der Waals surface area contributed by atoms with Gasteiger partial charge in [0.25, 0.3) is 0 Å². The van der Waals surface area contributed by atoms with Crippen LogP contribution in [0.25, 0.3) is 11.0 Å². The van der Waals surface area contributed by atoms with E-state index in [1.165, 1.54) is 38.5 Å². The zero-order valence-electron chi connectivity index (χ0n) is 20.1. The molecule has 1 aliphatic heterocycles. The molecule has 1 aromatic heterocycles. The number of nitrogens with two attached hydrogens (primary N) is 1. The standard InChI is InChI=1S/C28H21FN2O6/c1-14-19-11-16(29)5-9-21(19)36-26(14)28(32)35-17-6-7-18-23(12-17)37-27(31)20(13-30)25(18)15-4-8-22(33-2)24(10-15)34-3/h4-12,25H,31H2,1-3H3. The third kappa shape index (κ3) is 4.08.